The van der Waals surface area contributed by atoms with Crippen LogP contribution < -0.4 is 10.6 Å². The third kappa shape index (κ3) is 4.44. The van der Waals surface area contributed by atoms with E-state index in [1.807, 2.05) is 30.3 Å². The average molecular weight is 337 g/mol. The van der Waals surface area contributed by atoms with E-state index >= 15 is 0 Å². The van der Waals surface area contributed by atoms with Gasteiger partial charge in [0.25, 0.3) is 0 Å². The van der Waals surface area contributed by atoms with Gasteiger partial charge in [-0.05, 0) is 48.9 Å². The molecule has 5 nitrogen and oxygen atoms in total. The van der Waals surface area contributed by atoms with E-state index in [4.69, 9.17) is 0 Å². The number of pyridine rings is 1. The molecule has 1 aromatic heterocycles. The fourth-order valence-electron chi connectivity index (χ4n) is 2.84. The van der Waals surface area contributed by atoms with Crippen molar-refractivity contribution in [3.63, 3.8) is 0 Å². The van der Waals surface area contributed by atoms with Crippen molar-refractivity contribution in [3.8, 4) is 0 Å². The monoisotopic (exact) mass is 337 g/mol. The van der Waals surface area contributed by atoms with Crippen molar-refractivity contribution >= 4 is 11.8 Å². The van der Waals surface area contributed by atoms with E-state index in [9.17, 15) is 9.59 Å². The number of nitrogens with one attached hydrogen (secondary N) is 2. The Bertz CT molecular complexity index is 712. The smallest absolute Gasteiger partial charge is 0.235 e. The molecule has 0 unspecified atom stereocenters. The Hall–Kier alpha value is -2.69. The molecule has 1 aliphatic rings. The second kappa shape index (κ2) is 7.92. The second-order valence-electron chi connectivity index (χ2n) is 6.47. The summed E-state index contributed by atoms with van der Waals surface area (Å²) in [7, 11) is 0. The van der Waals surface area contributed by atoms with Crippen LogP contribution in [0.2, 0.25) is 0 Å². The molecule has 0 spiro atoms. The summed E-state index contributed by atoms with van der Waals surface area (Å²) in [6.45, 7) is 1.01. The zero-order valence-corrected chi connectivity index (χ0v) is 14.2. The summed E-state index contributed by atoms with van der Waals surface area (Å²) >= 11 is 0. The number of nitrogens with zero attached hydrogens (tertiary/aromatic N) is 1. The summed E-state index contributed by atoms with van der Waals surface area (Å²) in [4.78, 5) is 28.8. The Kier molecular flexibility index (Phi) is 5.43. The van der Waals surface area contributed by atoms with E-state index in [2.05, 4.69) is 27.8 Å². The molecule has 1 heterocycles. The maximum absolute atomic E-state index is 12.4. The molecule has 2 amide bonds. The first-order chi connectivity index (χ1) is 12.2. The van der Waals surface area contributed by atoms with Crippen molar-refractivity contribution in [2.75, 3.05) is 6.54 Å². The number of rotatable bonds is 8. The SMILES string of the molecule is O=C(NCCCc1ccccc1)C1(C(=O)NCc2ccncc2)CC1. The molecule has 1 aliphatic carbocycles. The summed E-state index contributed by atoms with van der Waals surface area (Å²) in [6.07, 6.45) is 6.41. The molecule has 5 heteroatoms. The Labute approximate surface area is 147 Å². The van der Waals surface area contributed by atoms with Crippen LogP contribution in [0.1, 0.15) is 30.4 Å². The van der Waals surface area contributed by atoms with Crippen LogP contribution in [0.15, 0.2) is 54.9 Å². The van der Waals surface area contributed by atoms with Crippen LogP contribution in [-0.4, -0.2) is 23.3 Å². The lowest BCUT2D eigenvalue weighted by atomic mass is 10.0. The predicted molar refractivity (Wildman–Crippen MR) is 95.5 cm³/mol. The van der Waals surface area contributed by atoms with Crippen LogP contribution in [0.4, 0.5) is 0 Å². The normalized spacial score (nSPS) is 14.6. The molecule has 1 fully saturated rings. The topological polar surface area (TPSA) is 71.1 Å². The zero-order valence-electron chi connectivity index (χ0n) is 14.2. The molecule has 3 rings (SSSR count). The van der Waals surface area contributed by atoms with Crippen LogP contribution in [-0.2, 0) is 22.6 Å². The molecule has 1 aromatic carbocycles. The molecular weight excluding hydrogens is 314 g/mol. The lowest BCUT2D eigenvalue weighted by Crippen LogP contribution is -2.43. The molecule has 0 atom stereocenters. The highest BCUT2D eigenvalue weighted by Crippen LogP contribution is 2.46. The van der Waals surface area contributed by atoms with Crippen LogP contribution in [0.5, 0.6) is 0 Å². The van der Waals surface area contributed by atoms with E-state index in [0.29, 0.717) is 25.9 Å². The summed E-state index contributed by atoms with van der Waals surface area (Å²) in [5.41, 5.74) is 1.37. The highest BCUT2D eigenvalue weighted by Gasteiger charge is 2.56. The molecule has 2 N–H and O–H groups in total. The van der Waals surface area contributed by atoms with Crippen LogP contribution in [0, 0.1) is 5.41 Å². The molecule has 0 saturated heterocycles. The Morgan fingerprint density at radius 3 is 2.28 bits per heavy atom. The Balaban J connectivity index is 1.42. The van der Waals surface area contributed by atoms with Gasteiger partial charge in [-0.1, -0.05) is 30.3 Å². The first kappa shape index (κ1) is 17.1. The number of benzene rings is 1. The standard InChI is InChI=1S/C20H23N3O2/c24-18(22-12-4-7-16-5-2-1-3-6-16)20(10-11-20)19(25)23-15-17-8-13-21-14-9-17/h1-3,5-6,8-9,13-14H,4,7,10-12,15H2,(H,22,24)(H,23,25). The van der Waals surface area contributed by atoms with E-state index in [-0.39, 0.29) is 11.8 Å². The van der Waals surface area contributed by atoms with E-state index in [1.165, 1.54) is 5.56 Å². The lowest BCUT2D eigenvalue weighted by molar-refractivity contribution is -0.137. The fourth-order valence-corrected chi connectivity index (χ4v) is 2.84. The van der Waals surface area contributed by atoms with Gasteiger partial charge in [-0.2, -0.15) is 0 Å². The summed E-state index contributed by atoms with van der Waals surface area (Å²) < 4.78 is 0. The maximum Gasteiger partial charge on any atom is 0.235 e. The number of carbonyl (C=O) groups excluding carboxylic acids is 2. The van der Waals surface area contributed by atoms with Crippen LogP contribution >= 0.6 is 0 Å². The minimum absolute atomic E-state index is 0.146. The number of aryl methyl sites for hydroxylation is 1. The first-order valence-corrected chi connectivity index (χ1v) is 8.70. The van der Waals surface area contributed by atoms with Gasteiger partial charge >= 0.3 is 0 Å². The number of hydrogen-bond donors (Lipinski definition) is 2. The van der Waals surface area contributed by atoms with Crippen molar-refractivity contribution in [1.29, 1.82) is 0 Å². The van der Waals surface area contributed by atoms with Crippen LogP contribution in [0.25, 0.3) is 0 Å². The number of aromatic nitrogens is 1. The van der Waals surface area contributed by atoms with E-state index < -0.39 is 5.41 Å². The molecule has 0 bridgehead atoms. The van der Waals surface area contributed by atoms with Gasteiger partial charge in [0.1, 0.15) is 5.41 Å². The average Bonchev–Trinajstić information content (AvgIpc) is 3.47. The van der Waals surface area contributed by atoms with Gasteiger partial charge in [-0.3, -0.25) is 14.6 Å². The second-order valence-corrected chi connectivity index (χ2v) is 6.47. The summed E-state index contributed by atoms with van der Waals surface area (Å²) in [5, 5.41) is 5.80. The first-order valence-electron chi connectivity index (χ1n) is 8.70. The van der Waals surface area contributed by atoms with Gasteiger partial charge in [-0.25, -0.2) is 0 Å². The number of hydrogen-bond acceptors (Lipinski definition) is 3. The van der Waals surface area contributed by atoms with Gasteiger partial charge in [-0.15, -0.1) is 0 Å². The molecule has 1 saturated carbocycles. The van der Waals surface area contributed by atoms with Crippen molar-refractivity contribution in [2.45, 2.75) is 32.2 Å². The van der Waals surface area contributed by atoms with Gasteiger partial charge in [0.2, 0.25) is 11.8 Å². The molecule has 0 radical (unpaired) electrons. The van der Waals surface area contributed by atoms with Crippen molar-refractivity contribution < 1.29 is 9.59 Å². The molecule has 25 heavy (non-hydrogen) atoms. The minimum Gasteiger partial charge on any atom is -0.355 e. The third-order valence-electron chi connectivity index (χ3n) is 4.59. The fraction of sp³-hybridized carbons (Fsp3) is 0.350. The predicted octanol–water partition coefficient (Wildman–Crippen LogP) is 2.23. The van der Waals surface area contributed by atoms with Crippen LogP contribution in [0.3, 0.4) is 0 Å². The lowest BCUT2D eigenvalue weighted by Gasteiger charge is -2.15. The zero-order chi connectivity index (χ0) is 17.5. The molecule has 0 aliphatic heterocycles. The highest BCUT2D eigenvalue weighted by atomic mass is 16.2. The highest BCUT2D eigenvalue weighted by molar-refractivity contribution is 6.07. The van der Waals surface area contributed by atoms with Gasteiger partial charge in [0.15, 0.2) is 0 Å². The van der Waals surface area contributed by atoms with Gasteiger partial charge in [0, 0.05) is 25.5 Å². The molecule has 2 aromatic rings. The maximum atomic E-state index is 12.4. The van der Waals surface area contributed by atoms with E-state index in [1.54, 1.807) is 12.4 Å². The largest absolute Gasteiger partial charge is 0.355 e. The number of carbonyl (C=O) groups is 2. The third-order valence-corrected chi connectivity index (χ3v) is 4.59. The summed E-state index contributed by atoms with van der Waals surface area (Å²) in [5.74, 6) is -0.322. The molecule has 130 valence electrons. The van der Waals surface area contributed by atoms with Crippen molar-refractivity contribution in [2.24, 2.45) is 5.41 Å². The quantitative estimate of drug-likeness (QED) is 0.573. The van der Waals surface area contributed by atoms with Crippen molar-refractivity contribution in [3.05, 3.63) is 66.0 Å². The van der Waals surface area contributed by atoms with Crippen molar-refractivity contribution in [1.82, 2.24) is 15.6 Å². The minimum atomic E-state index is -0.861. The number of amides is 2. The Morgan fingerprint density at radius 1 is 0.920 bits per heavy atom. The van der Waals surface area contributed by atoms with Gasteiger partial charge in [0.05, 0.1) is 0 Å². The van der Waals surface area contributed by atoms with E-state index in [0.717, 1.165) is 18.4 Å². The summed E-state index contributed by atoms with van der Waals surface area (Å²) in [6, 6.07) is 13.9. The molecular formula is C20H23N3O2. The van der Waals surface area contributed by atoms with Gasteiger partial charge < -0.3 is 10.6 Å². The Morgan fingerprint density at radius 2 is 1.60 bits per heavy atom.